The number of rotatable bonds is 3. The van der Waals surface area contributed by atoms with E-state index in [2.05, 4.69) is 15.3 Å². The Labute approximate surface area is 104 Å². The molecule has 0 amide bonds. The molecule has 0 aliphatic carbocycles. The van der Waals surface area contributed by atoms with E-state index in [1.54, 1.807) is 12.3 Å². The van der Waals surface area contributed by atoms with E-state index in [9.17, 15) is 0 Å². The third kappa shape index (κ3) is 3.05. The molecule has 2 heterocycles. The van der Waals surface area contributed by atoms with Crippen molar-refractivity contribution >= 4 is 34.9 Å². The average Bonchev–Trinajstić information content (AvgIpc) is 2.30. The zero-order chi connectivity index (χ0) is 11.4. The van der Waals surface area contributed by atoms with Crippen LogP contribution in [-0.2, 0) is 0 Å². The molecule has 0 atom stereocenters. The van der Waals surface area contributed by atoms with Crippen LogP contribution in [0, 0.1) is 0 Å². The number of anilines is 1. The highest BCUT2D eigenvalue weighted by molar-refractivity contribution is 7.99. The number of nitrogens with one attached hydrogen (secondary N) is 1. The molecule has 6 heteroatoms. The minimum atomic E-state index is 0.310. The molecular formula is C10H14N4S2. The van der Waals surface area contributed by atoms with Crippen LogP contribution in [0.25, 0.3) is 0 Å². The van der Waals surface area contributed by atoms with Crippen molar-refractivity contribution in [3.05, 3.63) is 18.0 Å². The average molecular weight is 254 g/mol. The van der Waals surface area contributed by atoms with E-state index < -0.39 is 0 Å². The summed E-state index contributed by atoms with van der Waals surface area (Å²) >= 11 is 6.88. The summed E-state index contributed by atoms with van der Waals surface area (Å²) in [5.74, 6) is 3.03. The molecule has 86 valence electrons. The van der Waals surface area contributed by atoms with Gasteiger partial charge in [-0.05, 0) is 30.4 Å². The molecule has 0 bridgehead atoms. The van der Waals surface area contributed by atoms with Crippen LogP contribution in [0.5, 0.6) is 0 Å². The highest BCUT2D eigenvalue weighted by atomic mass is 32.2. The van der Waals surface area contributed by atoms with Crippen molar-refractivity contribution in [3.8, 4) is 0 Å². The number of nitrogens with two attached hydrogens (primary N) is 1. The first kappa shape index (κ1) is 11.6. The Bertz CT molecular complexity index is 377. The normalized spacial score (nSPS) is 17.0. The van der Waals surface area contributed by atoms with Crippen LogP contribution in [-0.4, -0.2) is 32.5 Å². The molecule has 16 heavy (non-hydrogen) atoms. The quantitative estimate of drug-likeness (QED) is 0.795. The number of aromatic nitrogens is 2. The maximum atomic E-state index is 5.53. The number of nitrogens with zero attached hydrogens (tertiary/aromatic N) is 2. The van der Waals surface area contributed by atoms with Crippen LogP contribution in [0.1, 0.15) is 18.5 Å². The van der Waals surface area contributed by atoms with Gasteiger partial charge in [-0.1, -0.05) is 12.2 Å². The van der Waals surface area contributed by atoms with Crippen LogP contribution >= 0.6 is 24.0 Å². The van der Waals surface area contributed by atoms with Gasteiger partial charge in [-0.3, -0.25) is 0 Å². The van der Waals surface area contributed by atoms with Gasteiger partial charge in [0.05, 0.1) is 0 Å². The minimum absolute atomic E-state index is 0.310. The SMILES string of the molecule is NC(=S)c1ccnc(NC2CCSCC2)n1. The molecular weight excluding hydrogens is 240 g/mol. The molecule has 0 saturated carbocycles. The van der Waals surface area contributed by atoms with E-state index in [-0.39, 0.29) is 0 Å². The zero-order valence-corrected chi connectivity index (χ0v) is 10.5. The second-order valence-electron chi connectivity index (χ2n) is 3.66. The summed E-state index contributed by atoms with van der Waals surface area (Å²) in [5.41, 5.74) is 6.15. The van der Waals surface area contributed by atoms with Gasteiger partial charge in [0.25, 0.3) is 0 Å². The Kier molecular flexibility index (Phi) is 3.95. The van der Waals surface area contributed by atoms with Crippen LogP contribution in [0.4, 0.5) is 5.95 Å². The summed E-state index contributed by atoms with van der Waals surface area (Å²) in [6, 6.07) is 2.20. The van der Waals surface area contributed by atoms with Gasteiger partial charge in [0.1, 0.15) is 10.7 Å². The molecule has 1 aliphatic rings. The minimum Gasteiger partial charge on any atom is -0.388 e. The van der Waals surface area contributed by atoms with Gasteiger partial charge < -0.3 is 11.1 Å². The Hall–Kier alpha value is -0.880. The predicted octanol–water partition coefficient (Wildman–Crippen LogP) is 1.42. The second kappa shape index (κ2) is 5.45. The number of thioether (sulfide) groups is 1. The Morgan fingerprint density at radius 2 is 2.25 bits per heavy atom. The highest BCUT2D eigenvalue weighted by Gasteiger charge is 2.14. The van der Waals surface area contributed by atoms with Crippen molar-refractivity contribution in [2.24, 2.45) is 5.73 Å². The summed E-state index contributed by atoms with van der Waals surface area (Å²) < 4.78 is 0. The van der Waals surface area contributed by atoms with Crippen molar-refractivity contribution in [2.75, 3.05) is 16.8 Å². The Balaban J connectivity index is 2.02. The molecule has 0 spiro atoms. The summed E-state index contributed by atoms with van der Waals surface area (Å²) in [6.07, 6.45) is 4.00. The van der Waals surface area contributed by atoms with Crippen molar-refractivity contribution in [3.63, 3.8) is 0 Å². The molecule has 1 aliphatic heterocycles. The molecule has 1 aromatic rings. The monoisotopic (exact) mass is 254 g/mol. The second-order valence-corrected chi connectivity index (χ2v) is 5.33. The lowest BCUT2D eigenvalue weighted by molar-refractivity contribution is 0.660. The molecule has 1 saturated heterocycles. The van der Waals surface area contributed by atoms with Crippen molar-refractivity contribution in [1.29, 1.82) is 0 Å². The number of thiocarbonyl (C=S) groups is 1. The van der Waals surface area contributed by atoms with Crippen molar-refractivity contribution in [1.82, 2.24) is 9.97 Å². The highest BCUT2D eigenvalue weighted by Crippen LogP contribution is 2.19. The third-order valence-electron chi connectivity index (χ3n) is 2.46. The fourth-order valence-electron chi connectivity index (χ4n) is 1.59. The Morgan fingerprint density at radius 3 is 2.94 bits per heavy atom. The van der Waals surface area contributed by atoms with Gasteiger partial charge in [0, 0.05) is 12.2 Å². The van der Waals surface area contributed by atoms with E-state index in [0.29, 0.717) is 22.7 Å². The fraction of sp³-hybridized carbons (Fsp3) is 0.500. The summed E-state index contributed by atoms with van der Waals surface area (Å²) in [6.45, 7) is 0. The van der Waals surface area contributed by atoms with Gasteiger partial charge in [0.15, 0.2) is 0 Å². The summed E-state index contributed by atoms with van der Waals surface area (Å²) in [4.78, 5) is 8.75. The predicted molar refractivity (Wildman–Crippen MR) is 71.9 cm³/mol. The topological polar surface area (TPSA) is 63.8 Å². The molecule has 1 fully saturated rings. The zero-order valence-electron chi connectivity index (χ0n) is 8.85. The molecule has 3 N–H and O–H groups in total. The largest absolute Gasteiger partial charge is 0.388 e. The van der Waals surface area contributed by atoms with E-state index in [0.717, 1.165) is 12.8 Å². The van der Waals surface area contributed by atoms with Gasteiger partial charge in [-0.25, -0.2) is 9.97 Å². The van der Waals surface area contributed by atoms with Crippen LogP contribution in [0.2, 0.25) is 0 Å². The van der Waals surface area contributed by atoms with Crippen LogP contribution in [0.15, 0.2) is 12.3 Å². The smallest absolute Gasteiger partial charge is 0.223 e. The first-order chi connectivity index (χ1) is 7.75. The van der Waals surface area contributed by atoms with Gasteiger partial charge in [-0.15, -0.1) is 0 Å². The first-order valence-electron chi connectivity index (χ1n) is 5.23. The maximum absolute atomic E-state index is 5.53. The van der Waals surface area contributed by atoms with Crippen LogP contribution < -0.4 is 11.1 Å². The standard InChI is InChI=1S/C10H14N4S2/c11-9(15)8-1-4-12-10(14-8)13-7-2-5-16-6-3-7/h1,4,7H,2-3,5-6H2,(H2,11,15)(H,12,13,14). The lowest BCUT2D eigenvalue weighted by Gasteiger charge is -2.22. The molecule has 2 rings (SSSR count). The lowest BCUT2D eigenvalue weighted by Crippen LogP contribution is -2.26. The van der Waals surface area contributed by atoms with Gasteiger partial charge in [0.2, 0.25) is 5.95 Å². The summed E-state index contributed by atoms with van der Waals surface area (Å²) in [5, 5.41) is 3.33. The lowest BCUT2D eigenvalue weighted by atomic mass is 10.2. The number of hydrogen-bond acceptors (Lipinski definition) is 5. The van der Waals surface area contributed by atoms with Crippen LogP contribution in [0.3, 0.4) is 0 Å². The van der Waals surface area contributed by atoms with Gasteiger partial charge in [-0.2, -0.15) is 11.8 Å². The van der Waals surface area contributed by atoms with Crippen molar-refractivity contribution in [2.45, 2.75) is 18.9 Å². The van der Waals surface area contributed by atoms with E-state index in [4.69, 9.17) is 18.0 Å². The molecule has 0 radical (unpaired) electrons. The maximum Gasteiger partial charge on any atom is 0.223 e. The molecule has 0 unspecified atom stereocenters. The first-order valence-corrected chi connectivity index (χ1v) is 6.79. The van der Waals surface area contributed by atoms with E-state index >= 15 is 0 Å². The molecule has 4 nitrogen and oxygen atoms in total. The third-order valence-corrected chi connectivity index (χ3v) is 3.72. The van der Waals surface area contributed by atoms with Gasteiger partial charge >= 0.3 is 0 Å². The number of hydrogen-bond donors (Lipinski definition) is 2. The van der Waals surface area contributed by atoms with Crippen molar-refractivity contribution < 1.29 is 0 Å². The Morgan fingerprint density at radius 1 is 1.50 bits per heavy atom. The molecule has 0 aromatic carbocycles. The summed E-state index contributed by atoms with van der Waals surface area (Å²) in [7, 11) is 0. The van der Waals surface area contributed by atoms with E-state index in [1.807, 2.05) is 11.8 Å². The molecule has 1 aromatic heterocycles. The fourth-order valence-corrected chi connectivity index (χ4v) is 2.81. The van der Waals surface area contributed by atoms with E-state index in [1.165, 1.54) is 11.5 Å².